The number of thiol groups is 2. The monoisotopic (exact) mass is 223 g/mol. The molecule has 0 aromatic carbocycles. The second-order valence-electron chi connectivity index (χ2n) is 3.01. The summed E-state index contributed by atoms with van der Waals surface area (Å²) >= 11 is 8.51. The maximum absolute atomic E-state index is 4.27. The molecule has 0 fully saturated rings. The average molecular weight is 223 g/mol. The third-order valence-electron chi connectivity index (χ3n) is 1.95. The smallest absolute Gasteiger partial charge is 0.0281 e. The zero-order valence-electron chi connectivity index (χ0n) is 8.38. The average Bonchev–Trinajstić information content (AvgIpc) is 2.17. The van der Waals surface area contributed by atoms with Gasteiger partial charge in [-0.1, -0.05) is 0 Å². The normalized spacial score (nSPS) is 15.7. The van der Waals surface area contributed by atoms with E-state index in [1.807, 2.05) is 14.1 Å². The van der Waals surface area contributed by atoms with Crippen molar-refractivity contribution in [3.63, 3.8) is 0 Å². The standard InChI is InChI=1S/C8H21N3S2/c1-9-3-8(6-13)11-4-7(5-12)10-2/h7-13H,3-6H2,1-2H3/t7-,8-/m1/s1. The van der Waals surface area contributed by atoms with Crippen LogP contribution in [0.1, 0.15) is 0 Å². The SMILES string of the molecule is CNC[C@H](CS)NC[C@H](CS)NC. The van der Waals surface area contributed by atoms with Gasteiger partial charge in [-0.25, -0.2) is 0 Å². The van der Waals surface area contributed by atoms with Crippen molar-refractivity contribution in [2.75, 3.05) is 38.7 Å². The molecule has 0 spiro atoms. The molecule has 0 aromatic heterocycles. The second-order valence-corrected chi connectivity index (χ2v) is 3.74. The van der Waals surface area contributed by atoms with Crippen molar-refractivity contribution in [1.82, 2.24) is 16.0 Å². The number of nitrogens with one attached hydrogen (secondary N) is 3. The van der Waals surface area contributed by atoms with Crippen LogP contribution in [0.2, 0.25) is 0 Å². The van der Waals surface area contributed by atoms with Gasteiger partial charge in [0.2, 0.25) is 0 Å². The van der Waals surface area contributed by atoms with Gasteiger partial charge in [-0.3, -0.25) is 0 Å². The van der Waals surface area contributed by atoms with Gasteiger partial charge in [-0.2, -0.15) is 25.3 Å². The highest BCUT2D eigenvalue weighted by Gasteiger charge is 2.07. The highest BCUT2D eigenvalue weighted by molar-refractivity contribution is 7.80. The van der Waals surface area contributed by atoms with E-state index < -0.39 is 0 Å². The first-order chi connectivity index (χ1) is 6.28. The Labute approximate surface area is 92.3 Å². The Morgan fingerprint density at radius 3 is 2.00 bits per heavy atom. The van der Waals surface area contributed by atoms with Gasteiger partial charge in [0.15, 0.2) is 0 Å². The molecule has 0 aliphatic heterocycles. The molecule has 0 saturated heterocycles. The zero-order valence-corrected chi connectivity index (χ0v) is 10.2. The Bertz CT molecular complexity index is 110. The molecule has 3 nitrogen and oxygen atoms in total. The van der Waals surface area contributed by atoms with E-state index in [0.717, 1.165) is 24.6 Å². The number of hydrogen-bond acceptors (Lipinski definition) is 5. The molecule has 2 atom stereocenters. The van der Waals surface area contributed by atoms with Gasteiger partial charge < -0.3 is 16.0 Å². The fraction of sp³-hybridized carbons (Fsp3) is 1.00. The van der Waals surface area contributed by atoms with E-state index in [4.69, 9.17) is 0 Å². The largest absolute Gasteiger partial charge is 0.318 e. The summed E-state index contributed by atoms with van der Waals surface area (Å²) in [6, 6.07) is 0.867. The molecule has 80 valence electrons. The molecule has 0 rings (SSSR count). The first kappa shape index (κ1) is 13.6. The first-order valence-corrected chi connectivity index (χ1v) is 5.81. The highest BCUT2D eigenvalue weighted by atomic mass is 32.1. The van der Waals surface area contributed by atoms with E-state index in [2.05, 4.69) is 41.2 Å². The van der Waals surface area contributed by atoms with E-state index in [1.165, 1.54) is 0 Å². The van der Waals surface area contributed by atoms with Crippen molar-refractivity contribution in [2.24, 2.45) is 0 Å². The Kier molecular flexibility index (Phi) is 9.56. The summed E-state index contributed by atoms with van der Waals surface area (Å²) in [6.45, 7) is 1.89. The van der Waals surface area contributed by atoms with Crippen molar-refractivity contribution in [3.8, 4) is 0 Å². The lowest BCUT2D eigenvalue weighted by atomic mass is 10.3. The van der Waals surface area contributed by atoms with Crippen LogP contribution in [0.4, 0.5) is 0 Å². The van der Waals surface area contributed by atoms with E-state index in [0.29, 0.717) is 12.1 Å². The van der Waals surface area contributed by atoms with Crippen LogP contribution >= 0.6 is 25.3 Å². The van der Waals surface area contributed by atoms with Gasteiger partial charge in [0.05, 0.1) is 0 Å². The fourth-order valence-electron chi connectivity index (χ4n) is 1.01. The van der Waals surface area contributed by atoms with E-state index in [1.54, 1.807) is 0 Å². The van der Waals surface area contributed by atoms with Crippen LogP contribution in [0, 0.1) is 0 Å². The van der Waals surface area contributed by atoms with Gasteiger partial charge in [0, 0.05) is 36.7 Å². The number of likely N-dealkylation sites (N-methyl/N-ethyl adjacent to an activating group) is 2. The predicted molar refractivity (Wildman–Crippen MR) is 66.3 cm³/mol. The Morgan fingerprint density at radius 1 is 1.00 bits per heavy atom. The molecular weight excluding hydrogens is 202 g/mol. The molecule has 0 amide bonds. The van der Waals surface area contributed by atoms with Crippen molar-refractivity contribution < 1.29 is 0 Å². The molecule has 0 unspecified atom stereocenters. The minimum absolute atomic E-state index is 0.433. The molecule has 3 N–H and O–H groups in total. The number of rotatable bonds is 8. The molecule has 0 saturated carbocycles. The van der Waals surface area contributed by atoms with E-state index in [9.17, 15) is 0 Å². The topological polar surface area (TPSA) is 36.1 Å². The number of hydrogen-bond donors (Lipinski definition) is 5. The predicted octanol–water partition coefficient (Wildman–Crippen LogP) is -0.388. The van der Waals surface area contributed by atoms with Crippen molar-refractivity contribution in [2.45, 2.75) is 12.1 Å². The minimum atomic E-state index is 0.433. The molecule has 0 aliphatic carbocycles. The maximum atomic E-state index is 4.27. The first-order valence-electron chi connectivity index (χ1n) is 4.55. The maximum Gasteiger partial charge on any atom is 0.0281 e. The van der Waals surface area contributed by atoms with Crippen molar-refractivity contribution >= 4 is 25.3 Å². The van der Waals surface area contributed by atoms with Crippen molar-refractivity contribution in [3.05, 3.63) is 0 Å². The minimum Gasteiger partial charge on any atom is -0.318 e. The molecule has 13 heavy (non-hydrogen) atoms. The summed E-state index contributed by atoms with van der Waals surface area (Å²) in [5, 5.41) is 9.74. The zero-order chi connectivity index (χ0) is 10.1. The molecule has 5 heteroatoms. The molecule has 0 bridgehead atoms. The van der Waals surface area contributed by atoms with Gasteiger partial charge in [0.1, 0.15) is 0 Å². The van der Waals surface area contributed by atoms with Gasteiger partial charge in [-0.15, -0.1) is 0 Å². The van der Waals surface area contributed by atoms with Gasteiger partial charge in [-0.05, 0) is 14.1 Å². The Hall–Kier alpha value is 0.580. The quantitative estimate of drug-likeness (QED) is 0.364. The molecule has 0 heterocycles. The molecule has 0 radical (unpaired) electrons. The highest BCUT2D eigenvalue weighted by Crippen LogP contribution is 1.89. The van der Waals surface area contributed by atoms with Crippen LogP contribution in [0.15, 0.2) is 0 Å². The lowest BCUT2D eigenvalue weighted by molar-refractivity contribution is 0.479. The summed E-state index contributed by atoms with van der Waals surface area (Å²) < 4.78 is 0. The summed E-state index contributed by atoms with van der Waals surface area (Å²) in [5.74, 6) is 1.70. The summed E-state index contributed by atoms with van der Waals surface area (Å²) in [5.41, 5.74) is 0. The van der Waals surface area contributed by atoms with Crippen LogP contribution in [0.3, 0.4) is 0 Å². The van der Waals surface area contributed by atoms with Gasteiger partial charge >= 0.3 is 0 Å². The van der Waals surface area contributed by atoms with Crippen LogP contribution in [-0.2, 0) is 0 Å². The third-order valence-corrected chi connectivity index (χ3v) is 2.83. The molecule has 0 aliphatic rings. The summed E-state index contributed by atoms with van der Waals surface area (Å²) in [7, 11) is 3.91. The Morgan fingerprint density at radius 2 is 1.62 bits per heavy atom. The summed E-state index contributed by atoms with van der Waals surface area (Å²) in [4.78, 5) is 0. The van der Waals surface area contributed by atoms with Crippen LogP contribution < -0.4 is 16.0 Å². The van der Waals surface area contributed by atoms with Crippen LogP contribution in [0.25, 0.3) is 0 Å². The van der Waals surface area contributed by atoms with E-state index in [-0.39, 0.29) is 0 Å². The van der Waals surface area contributed by atoms with Crippen LogP contribution in [-0.4, -0.2) is 50.8 Å². The lowest BCUT2D eigenvalue weighted by Gasteiger charge is -2.20. The van der Waals surface area contributed by atoms with E-state index >= 15 is 0 Å². The third kappa shape index (κ3) is 6.62. The molecule has 0 aromatic rings. The Balaban J connectivity index is 3.56. The fourth-order valence-corrected chi connectivity index (χ4v) is 1.58. The summed E-state index contributed by atoms with van der Waals surface area (Å²) in [6.07, 6.45) is 0. The molecular formula is C8H21N3S2. The van der Waals surface area contributed by atoms with Gasteiger partial charge in [0.25, 0.3) is 0 Å². The van der Waals surface area contributed by atoms with Crippen molar-refractivity contribution in [1.29, 1.82) is 0 Å². The second kappa shape index (κ2) is 9.15. The lowest BCUT2D eigenvalue weighted by Crippen LogP contribution is -2.46. The van der Waals surface area contributed by atoms with Crippen LogP contribution in [0.5, 0.6) is 0 Å².